The number of nitrogens with zero attached hydrogens (tertiary/aromatic N) is 1. The molecule has 0 saturated carbocycles. The monoisotopic (exact) mass is 265 g/mol. The Morgan fingerprint density at radius 2 is 1.84 bits per heavy atom. The first-order valence-corrected chi connectivity index (χ1v) is 6.37. The minimum Gasteiger partial charge on any atom is -0.496 e. The first-order valence-electron chi connectivity index (χ1n) is 6.37. The zero-order valence-corrected chi connectivity index (χ0v) is 12.5. The highest BCUT2D eigenvalue weighted by atomic mass is 16.5. The Kier molecular flexibility index (Phi) is 4.95. The van der Waals surface area contributed by atoms with Crippen molar-refractivity contribution in [2.24, 2.45) is 0 Å². The van der Waals surface area contributed by atoms with Crippen molar-refractivity contribution in [2.75, 3.05) is 21.2 Å². The van der Waals surface area contributed by atoms with Crippen LogP contribution >= 0.6 is 0 Å². The second-order valence-corrected chi connectivity index (χ2v) is 5.31. The Labute approximate surface area is 115 Å². The number of carboxylic acids is 1. The molecule has 1 aromatic carbocycles. The van der Waals surface area contributed by atoms with Crippen molar-refractivity contribution in [1.29, 1.82) is 0 Å². The van der Waals surface area contributed by atoms with Crippen LogP contribution in [0.25, 0.3) is 0 Å². The van der Waals surface area contributed by atoms with Crippen LogP contribution in [0.4, 0.5) is 0 Å². The lowest BCUT2D eigenvalue weighted by Gasteiger charge is -2.24. The summed E-state index contributed by atoms with van der Waals surface area (Å²) in [5.74, 6) is 0.262. The van der Waals surface area contributed by atoms with E-state index in [0.29, 0.717) is 0 Å². The fourth-order valence-corrected chi connectivity index (χ4v) is 2.27. The minimum absolute atomic E-state index is 0.283. The topological polar surface area (TPSA) is 49.8 Å². The van der Waals surface area contributed by atoms with Crippen LogP contribution in [-0.4, -0.2) is 37.2 Å². The number of methoxy groups -OCH3 is 1. The largest absolute Gasteiger partial charge is 0.496 e. The molecule has 0 aromatic heterocycles. The average Bonchev–Trinajstić information content (AvgIpc) is 2.29. The number of carbonyl (C=O) groups is 1. The van der Waals surface area contributed by atoms with Gasteiger partial charge in [0.1, 0.15) is 11.8 Å². The molecule has 4 nitrogen and oxygen atoms in total. The van der Waals surface area contributed by atoms with Gasteiger partial charge in [-0.1, -0.05) is 13.8 Å². The smallest absolute Gasteiger partial charge is 0.325 e. The van der Waals surface area contributed by atoms with Gasteiger partial charge in [-0.2, -0.15) is 0 Å². The van der Waals surface area contributed by atoms with Crippen molar-refractivity contribution in [3.8, 4) is 5.75 Å². The van der Waals surface area contributed by atoms with Crippen molar-refractivity contribution in [1.82, 2.24) is 4.90 Å². The first-order chi connectivity index (χ1) is 8.79. The normalized spacial score (nSPS) is 12.8. The number of aryl methyl sites for hydroxylation is 1. The predicted molar refractivity (Wildman–Crippen MR) is 75.9 cm³/mol. The van der Waals surface area contributed by atoms with Crippen LogP contribution in [0.5, 0.6) is 5.75 Å². The summed E-state index contributed by atoms with van der Waals surface area (Å²) >= 11 is 0. The third-order valence-corrected chi connectivity index (χ3v) is 3.29. The number of hydrogen-bond donors (Lipinski definition) is 1. The molecule has 0 spiro atoms. The molecule has 4 heteroatoms. The van der Waals surface area contributed by atoms with Crippen LogP contribution in [0.3, 0.4) is 0 Å². The van der Waals surface area contributed by atoms with Gasteiger partial charge >= 0.3 is 5.97 Å². The third-order valence-electron chi connectivity index (χ3n) is 3.29. The zero-order valence-electron chi connectivity index (χ0n) is 12.5. The van der Waals surface area contributed by atoms with E-state index >= 15 is 0 Å². The molecule has 0 bridgehead atoms. The Morgan fingerprint density at radius 1 is 1.26 bits per heavy atom. The summed E-state index contributed by atoms with van der Waals surface area (Å²) in [4.78, 5) is 13.2. The van der Waals surface area contributed by atoms with Gasteiger partial charge in [0.25, 0.3) is 0 Å². The average molecular weight is 265 g/mol. The molecule has 1 unspecified atom stereocenters. The van der Waals surface area contributed by atoms with E-state index in [1.165, 1.54) is 0 Å². The van der Waals surface area contributed by atoms with Crippen molar-refractivity contribution in [3.05, 3.63) is 28.8 Å². The lowest BCUT2D eigenvalue weighted by molar-refractivity contribution is -0.142. The number of aliphatic carboxylic acids is 1. The molecule has 0 aliphatic carbocycles. The highest BCUT2D eigenvalue weighted by Crippen LogP contribution is 2.33. The van der Waals surface area contributed by atoms with Crippen LogP contribution in [0.2, 0.25) is 0 Å². The van der Waals surface area contributed by atoms with Crippen molar-refractivity contribution >= 4 is 5.97 Å². The molecule has 0 radical (unpaired) electrons. The summed E-state index contributed by atoms with van der Waals surface area (Å²) < 4.78 is 5.38. The molecule has 0 aliphatic rings. The van der Waals surface area contributed by atoms with Gasteiger partial charge in [0, 0.05) is 0 Å². The maximum Gasteiger partial charge on any atom is 0.325 e. The quantitative estimate of drug-likeness (QED) is 0.889. The van der Waals surface area contributed by atoms with E-state index in [1.54, 1.807) is 26.1 Å². The van der Waals surface area contributed by atoms with Gasteiger partial charge in [-0.15, -0.1) is 0 Å². The summed E-state index contributed by atoms with van der Waals surface area (Å²) in [7, 11) is 5.19. The van der Waals surface area contributed by atoms with Gasteiger partial charge in [0.05, 0.1) is 7.11 Å². The summed E-state index contributed by atoms with van der Waals surface area (Å²) in [5, 5.41) is 9.40. The zero-order chi connectivity index (χ0) is 14.7. The van der Waals surface area contributed by atoms with E-state index in [1.807, 2.05) is 19.1 Å². The van der Waals surface area contributed by atoms with Crippen molar-refractivity contribution < 1.29 is 14.6 Å². The third kappa shape index (κ3) is 3.26. The first kappa shape index (κ1) is 15.5. The highest BCUT2D eigenvalue weighted by molar-refractivity contribution is 5.76. The van der Waals surface area contributed by atoms with E-state index in [2.05, 4.69) is 13.8 Å². The van der Waals surface area contributed by atoms with E-state index in [0.717, 1.165) is 22.4 Å². The maximum absolute atomic E-state index is 11.5. The highest BCUT2D eigenvalue weighted by Gasteiger charge is 2.25. The van der Waals surface area contributed by atoms with Crippen molar-refractivity contribution in [3.63, 3.8) is 0 Å². The van der Waals surface area contributed by atoms with Crippen LogP contribution in [0, 0.1) is 6.92 Å². The Balaban J connectivity index is 3.43. The number of carboxylic acid groups (broad SMARTS) is 1. The lowest BCUT2D eigenvalue weighted by atomic mass is 9.92. The standard InChI is InChI=1S/C15H23NO3/c1-9(2)11-8-12(10(3)7-13(11)19-6)14(15(17)18)16(4)5/h7-9,14H,1-6H3,(H,17,18). The molecule has 0 saturated heterocycles. The van der Waals surface area contributed by atoms with Crippen molar-refractivity contribution in [2.45, 2.75) is 32.7 Å². The SMILES string of the molecule is COc1cc(C)c(C(C(=O)O)N(C)C)cc1C(C)C. The van der Waals surface area contributed by atoms with Crippen LogP contribution in [-0.2, 0) is 4.79 Å². The summed E-state index contributed by atoms with van der Waals surface area (Å²) in [6.07, 6.45) is 0. The van der Waals surface area contributed by atoms with E-state index in [4.69, 9.17) is 4.74 Å². The molecular weight excluding hydrogens is 242 g/mol. The van der Waals surface area contributed by atoms with E-state index in [-0.39, 0.29) is 5.92 Å². The molecule has 0 fully saturated rings. The molecule has 0 heterocycles. The maximum atomic E-state index is 11.5. The number of ether oxygens (including phenoxy) is 1. The fourth-order valence-electron chi connectivity index (χ4n) is 2.27. The van der Waals surface area contributed by atoms with E-state index < -0.39 is 12.0 Å². The van der Waals surface area contributed by atoms with E-state index in [9.17, 15) is 9.90 Å². The lowest BCUT2D eigenvalue weighted by Crippen LogP contribution is -2.28. The molecule has 1 N–H and O–H groups in total. The summed E-state index contributed by atoms with van der Waals surface area (Å²) in [6, 6.07) is 3.24. The number of hydrogen-bond acceptors (Lipinski definition) is 3. The summed E-state index contributed by atoms with van der Waals surface area (Å²) in [6.45, 7) is 6.06. The van der Waals surface area contributed by atoms with Gasteiger partial charge in [0.15, 0.2) is 0 Å². The van der Waals surface area contributed by atoms with Gasteiger partial charge in [-0.3, -0.25) is 9.69 Å². The molecule has 1 aromatic rings. The van der Waals surface area contributed by atoms with Crippen LogP contribution < -0.4 is 4.74 Å². The summed E-state index contributed by atoms with van der Waals surface area (Å²) in [5.41, 5.74) is 2.79. The molecule has 106 valence electrons. The number of rotatable bonds is 5. The van der Waals surface area contributed by atoms with Crippen LogP contribution in [0.1, 0.15) is 42.5 Å². The number of benzene rings is 1. The Hall–Kier alpha value is -1.55. The molecule has 0 amide bonds. The second kappa shape index (κ2) is 6.06. The van der Waals surface area contributed by atoms with Gasteiger partial charge in [-0.25, -0.2) is 0 Å². The number of likely N-dealkylation sites (N-methyl/N-ethyl adjacent to an activating group) is 1. The second-order valence-electron chi connectivity index (χ2n) is 5.31. The van der Waals surface area contributed by atoms with Crippen LogP contribution in [0.15, 0.2) is 12.1 Å². The molecule has 19 heavy (non-hydrogen) atoms. The van der Waals surface area contributed by atoms with Gasteiger partial charge in [-0.05, 0) is 55.8 Å². The Bertz CT molecular complexity index is 467. The molecule has 0 aliphatic heterocycles. The predicted octanol–water partition coefficient (Wildman–Crippen LogP) is 2.81. The fraction of sp³-hybridized carbons (Fsp3) is 0.533. The molecule has 1 rings (SSSR count). The molecule has 1 atom stereocenters. The Morgan fingerprint density at radius 3 is 2.21 bits per heavy atom. The van der Waals surface area contributed by atoms with Gasteiger partial charge in [0.2, 0.25) is 0 Å². The minimum atomic E-state index is -0.840. The molecular formula is C15H23NO3. The van der Waals surface area contributed by atoms with Gasteiger partial charge < -0.3 is 9.84 Å².